The standard InChI is InChI=1S/C18H17N5O3/c1-23-8-7-18(26,17(23)25)6-5-11-3-2-4-12(9-11)16-21-13(15(20)24)10-14(19)22-16/h2-4,9-10,26H,7-8H2,1H3,(H2,20,24)(H2,19,21,22). The Morgan fingerprint density at radius 2 is 2.12 bits per heavy atom. The third kappa shape index (κ3) is 3.34. The number of likely N-dealkylation sites (N-methyl/N-ethyl adjacent to an activating group) is 1. The van der Waals surface area contributed by atoms with Crippen LogP contribution in [0, 0.1) is 11.8 Å². The first kappa shape index (κ1) is 17.4. The Morgan fingerprint density at radius 3 is 2.77 bits per heavy atom. The maximum atomic E-state index is 12.0. The number of hydrogen-bond donors (Lipinski definition) is 3. The zero-order chi connectivity index (χ0) is 18.9. The van der Waals surface area contributed by atoms with Crippen LogP contribution < -0.4 is 11.5 Å². The molecule has 1 aliphatic heterocycles. The number of carbonyl (C=O) groups is 2. The summed E-state index contributed by atoms with van der Waals surface area (Å²) in [7, 11) is 1.62. The first-order valence-electron chi connectivity index (χ1n) is 7.84. The molecule has 0 saturated carbocycles. The normalized spacial score (nSPS) is 19.2. The van der Waals surface area contributed by atoms with Gasteiger partial charge in [-0.3, -0.25) is 9.59 Å². The van der Waals surface area contributed by atoms with Gasteiger partial charge in [0, 0.05) is 37.2 Å². The molecule has 2 amide bonds. The fraction of sp³-hybridized carbons (Fsp3) is 0.222. The Bertz CT molecular complexity index is 963. The first-order valence-corrected chi connectivity index (χ1v) is 7.84. The fourth-order valence-corrected chi connectivity index (χ4v) is 2.60. The second kappa shape index (κ2) is 6.46. The summed E-state index contributed by atoms with van der Waals surface area (Å²) in [5.74, 6) is 4.70. The SMILES string of the molecule is CN1CCC(O)(C#Cc2cccc(-c3nc(N)cc(C(N)=O)n3)c2)C1=O. The van der Waals surface area contributed by atoms with E-state index in [1.165, 1.54) is 11.0 Å². The lowest BCUT2D eigenvalue weighted by atomic mass is 10.0. The zero-order valence-electron chi connectivity index (χ0n) is 14.1. The molecule has 3 rings (SSSR count). The maximum absolute atomic E-state index is 12.0. The van der Waals surface area contributed by atoms with Crippen LogP contribution >= 0.6 is 0 Å². The van der Waals surface area contributed by atoms with Crippen LogP contribution in [0.5, 0.6) is 0 Å². The van der Waals surface area contributed by atoms with Gasteiger partial charge in [0.2, 0.25) is 5.60 Å². The second-order valence-corrected chi connectivity index (χ2v) is 6.03. The molecule has 1 aromatic heterocycles. The van der Waals surface area contributed by atoms with Crippen LogP contribution in [-0.2, 0) is 4.79 Å². The second-order valence-electron chi connectivity index (χ2n) is 6.03. The minimum atomic E-state index is -1.67. The first-order chi connectivity index (χ1) is 12.3. The van der Waals surface area contributed by atoms with Gasteiger partial charge in [0.15, 0.2) is 5.82 Å². The zero-order valence-corrected chi connectivity index (χ0v) is 14.1. The third-order valence-electron chi connectivity index (χ3n) is 4.04. The molecule has 5 N–H and O–H groups in total. The van der Waals surface area contributed by atoms with Crippen LogP contribution in [0.25, 0.3) is 11.4 Å². The molecular weight excluding hydrogens is 334 g/mol. The summed E-state index contributed by atoms with van der Waals surface area (Å²) in [4.78, 5) is 32.9. The Kier molecular flexibility index (Phi) is 4.32. The molecular formula is C18H17N5O3. The third-order valence-corrected chi connectivity index (χ3v) is 4.04. The maximum Gasteiger partial charge on any atom is 0.267 e. The van der Waals surface area contributed by atoms with E-state index in [0.29, 0.717) is 17.7 Å². The van der Waals surface area contributed by atoms with Crippen LogP contribution in [0.1, 0.15) is 22.5 Å². The van der Waals surface area contributed by atoms with Gasteiger partial charge >= 0.3 is 0 Å². The van der Waals surface area contributed by atoms with Gasteiger partial charge in [-0.15, -0.1) is 0 Å². The molecule has 1 aromatic carbocycles. The van der Waals surface area contributed by atoms with Gasteiger partial charge in [-0.1, -0.05) is 24.0 Å². The number of benzene rings is 1. The van der Waals surface area contributed by atoms with E-state index in [1.54, 1.807) is 31.3 Å². The van der Waals surface area contributed by atoms with Crippen molar-refractivity contribution in [2.45, 2.75) is 12.0 Å². The van der Waals surface area contributed by atoms with Gasteiger partial charge in [-0.05, 0) is 12.1 Å². The average molecular weight is 351 g/mol. The van der Waals surface area contributed by atoms with Gasteiger partial charge in [-0.25, -0.2) is 9.97 Å². The summed E-state index contributed by atoms with van der Waals surface area (Å²) >= 11 is 0. The van der Waals surface area contributed by atoms with Crippen molar-refractivity contribution in [2.24, 2.45) is 5.73 Å². The van der Waals surface area contributed by atoms with Crippen molar-refractivity contribution in [3.63, 3.8) is 0 Å². The lowest BCUT2D eigenvalue weighted by Gasteiger charge is -2.13. The highest BCUT2D eigenvalue weighted by Gasteiger charge is 2.42. The van der Waals surface area contributed by atoms with Crippen LogP contribution in [0.3, 0.4) is 0 Å². The van der Waals surface area contributed by atoms with Crippen molar-refractivity contribution in [1.29, 1.82) is 0 Å². The number of likely N-dealkylation sites (tertiary alicyclic amines) is 1. The van der Waals surface area contributed by atoms with E-state index in [9.17, 15) is 14.7 Å². The predicted octanol–water partition coefficient (Wildman–Crippen LogP) is -0.231. The Labute approximate surface area is 149 Å². The Hall–Kier alpha value is -3.44. The highest BCUT2D eigenvalue weighted by atomic mass is 16.3. The molecule has 0 radical (unpaired) electrons. The van der Waals surface area contributed by atoms with E-state index < -0.39 is 17.4 Å². The molecule has 0 aliphatic carbocycles. The van der Waals surface area contributed by atoms with Gasteiger partial charge in [-0.2, -0.15) is 0 Å². The van der Waals surface area contributed by atoms with E-state index >= 15 is 0 Å². The average Bonchev–Trinajstić information content (AvgIpc) is 2.88. The van der Waals surface area contributed by atoms with Crippen molar-refractivity contribution in [1.82, 2.24) is 14.9 Å². The molecule has 0 bridgehead atoms. The van der Waals surface area contributed by atoms with Gasteiger partial charge in [0.05, 0.1) is 0 Å². The number of carbonyl (C=O) groups excluding carboxylic acids is 2. The summed E-state index contributed by atoms with van der Waals surface area (Å²) in [5, 5.41) is 10.4. The van der Waals surface area contributed by atoms with Gasteiger partial charge < -0.3 is 21.5 Å². The van der Waals surface area contributed by atoms with E-state index in [0.717, 1.165) is 0 Å². The van der Waals surface area contributed by atoms with Crippen LogP contribution in [-0.4, -0.2) is 51.0 Å². The molecule has 132 valence electrons. The van der Waals surface area contributed by atoms with E-state index in [2.05, 4.69) is 21.8 Å². The molecule has 2 heterocycles. The summed E-state index contributed by atoms with van der Waals surface area (Å²) in [5.41, 5.74) is 10.4. The number of nitrogens with zero attached hydrogens (tertiary/aromatic N) is 3. The van der Waals surface area contributed by atoms with Crippen LogP contribution in [0.4, 0.5) is 5.82 Å². The van der Waals surface area contributed by atoms with Gasteiger partial charge in [0.25, 0.3) is 11.8 Å². The highest BCUT2D eigenvalue weighted by Crippen LogP contribution is 2.22. The molecule has 8 heteroatoms. The van der Waals surface area contributed by atoms with E-state index in [-0.39, 0.29) is 23.8 Å². The minimum absolute atomic E-state index is 0.0119. The molecule has 1 fully saturated rings. The number of anilines is 1. The summed E-state index contributed by atoms with van der Waals surface area (Å²) in [6, 6.07) is 8.16. The number of hydrogen-bond acceptors (Lipinski definition) is 6. The number of aromatic nitrogens is 2. The summed E-state index contributed by atoms with van der Waals surface area (Å²) in [6.45, 7) is 0.455. The summed E-state index contributed by atoms with van der Waals surface area (Å²) < 4.78 is 0. The van der Waals surface area contributed by atoms with Crippen molar-refractivity contribution in [3.8, 4) is 23.2 Å². The number of primary amides is 1. The number of nitrogen functional groups attached to an aromatic ring is 1. The quantitative estimate of drug-likeness (QED) is 0.640. The molecule has 26 heavy (non-hydrogen) atoms. The topological polar surface area (TPSA) is 135 Å². The fourth-order valence-electron chi connectivity index (χ4n) is 2.60. The lowest BCUT2D eigenvalue weighted by Crippen LogP contribution is -2.37. The molecule has 1 aliphatic rings. The minimum Gasteiger partial charge on any atom is -0.384 e. The number of rotatable bonds is 2. The Balaban J connectivity index is 1.95. The van der Waals surface area contributed by atoms with Crippen molar-refractivity contribution in [2.75, 3.05) is 19.3 Å². The molecule has 8 nitrogen and oxygen atoms in total. The van der Waals surface area contributed by atoms with Crippen LogP contribution in [0.2, 0.25) is 0 Å². The van der Waals surface area contributed by atoms with Crippen molar-refractivity contribution < 1.29 is 14.7 Å². The smallest absolute Gasteiger partial charge is 0.267 e. The van der Waals surface area contributed by atoms with Gasteiger partial charge in [0.1, 0.15) is 11.5 Å². The lowest BCUT2D eigenvalue weighted by molar-refractivity contribution is -0.137. The molecule has 0 spiro atoms. The van der Waals surface area contributed by atoms with Crippen LogP contribution in [0.15, 0.2) is 30.3 Å². The van der Waals surface area contributed by atoms with Crippen molar-refractivity contribution >= 4 is 17.6 Å². The van der Waals surface area contributed by atoms with Crippen molar-refractivity contribution in [3.05, 3.63) is 41.6 Å². The molecule has 1 atom stereocenters. The molecule has 1 saturated heterocycles. The highest BCUT2D eigenvalue weighted by molar-refractivity contribution is 5.92. The number of aliphatic hydroxyl groups is 1. The van der Waals surface area contributed by atoms with E-state index in [4.69, 9.17) is 11.5 Å². The summed E-state index contributed by atoms with van der Waals surface area (Å²) in [6.07, 6.45) is 0.259. The number of amides is 2. The predicted molar refractivity (Wildman–Crippen MR) is 94.5 cm³/mol. The largest absolute Gasteiger partial charge is 0.384 e. The molecule has 2 aromatic rings. The molecule has 1 unspecified atom stereocenters. The van der Waals surface area contributed by atoms with E-state index in [1.807, 2.05) is 0 Å². The Morgan fingerprint density at radius 1 is 1.35 bits per heavy atom. The monoisotopic (exact) mass is 351 g/mol. The number of nitrogens with two attached hydrogens (primary N) is 2.